The zero-order valence-corrected chi connectivity index (χ0v) is 30.8. The second kappa shape index (κ2) is 19.1. The Hall–Kier alpha value is -3.50. The smallest absolute Gasteiger partial charge is 0.219 e. The average molecular weight is 625 g/mol. The Bertz CT molecular complexity index is 1120. The summed E-state index contributed by atoms with van der Waals surface area (Å²) in [6.45, 7) is 33.5. The molecule has 0 aromatic carbocycles. The molecular weight excluding hydrogens is 564 g/mol. The van der Waals surface area contributed by atoms with E-state index in [1.165, 1.54) is 0 Å². The zero-order valence-electron chi connectivity index (χ0n) is 30.8. The Labute approximate surface area is 272 Å². The van der Waals surface area contributed by atoms with Crippen LogP contribution in [-0.2, 0) is 0 Å². The molecule has 0 unspecified atom stereocenters. The molecule has 0 aliphatic carbocycles. The van der Waals surface area contributed by atoms with Crippen molar-refractivity contribution >= 4 is 0 Å². The molecule has 0 amide bonds. The molecule has 0 N–H and O–H groups in total. The van der Waals surface area contributed by atoms with Gasteiger partial charge in [0.15, 0.2) is 0 Å². The number of aromatic nitrogens is 10. The first-order valence-corrected chi connectivity index (χ1v) is 16.4. The van der Waals surface area contributed by atoms with Crippen LogP contribution in [0, 0.1) is 0 Å². The predicted octanol–water partition coefficient (Wildman–Crippen LogP) is 9.00. The summed E-state index contributed by atoms with van der Waals surface area (Å²) in [5.41, 5.74) is 4.27. The van der Waals surface area contributed by atoms with E-state index in [0.717, 1.165) is 34.6 Å². The van der Waals surface area contributed by atoms with Gasteiger partial charge in [-0.15, -0.1) is 20.4 Å². The van der Waals surface area contributed by atoms with E-state index in [0.29, 0.717) is 47.6 Å². The number of nitrogens with zero attached hydrogens (tertiary/aromatic N) is 10. The zero-order chi connectivity index (χ0) is 34.4. The molecule has 4 aromatic heterocycles. The van der Waals surface area contributed by atoms with Gasteiger partial charge in [0.25, 0.3) is 0 Å². The molecule has 4 aromatic rings. The highest BCUT2D eigenvalue weighted by Gasteiger charge is 2.11. The summed E-state index contributed by atoms with van der Waals surface area (Å²) in [5, 5.41) is 32.2. The molecule has 0 saturated carbocycles. The van der Waals surface area contributed by atoms with E-state index in [-0.39, 0.29) is 0 Å². The van der Waals surface area contributed by atoms with Crippen LogP contribution in [0.1, 0.15) is 193 Å². The van der Waals surface area contributed by atoms with Crippen LogP contribution in [-0.4, -0.2) is 50.4 Å². The minimum Gasteiger partial charge on any atom is -0.425 e. The van der Waals surface area contributed by atoms with Gasteiger partial charge < -0.3 is 4.42 Å². The van der Waals surface area contributed by atoms with Gasteiger partial charge in [-0.25, -0.2) is 9.36 Å². The lowest BCUT2D eigenvalue weighted by atomic mass is 10.1. The molecule has 11 nitrogen and oxygen atoms in total. The van der Waals surface area contributed by atoms with E-state index in [2.05, 4.69) is 136 Å². The van der Waals surface area contributed by atoms with E-state index < -0.39 is 0 Å². The Kier molecular flexibility index (Phi) is 16.8. The fourth-order valence-corrected chi connectivity index (χ4v) is 3.30. The van der Waals surface area contributed by atoms with E-state index in [4.69, 9.17) is 4.42 Å². The van der Waals surface area contributed by atoms with Crippen molar-refractivity contribution in [1.82, 2.24) is 50.4 Å². The standard InChI is InChI=1S/C10H16N2.2C8H15N3.C8H14N2O/c1-7(2)9-5-6-10(8(3)4)12-11-9;2*1-6(2)8-5-11(7(3)4)10-9-8;1-5(2)7-9-10-8(11-7)6(3)4/h5-8H,1-4H3;2*5-7H,1-4H3;5-6H,1-4H3. The van der Waals surface area contributed by atoms with E-state index in [1.54, 1.807) is 0 Å². The van der Waals surface area contributed by atoms with Gasteiger partial charge >= 0.3 is 0 Å². The maximum Gasteiger partial charge on any atom is 0.219 e. The molecule has 252 valence electrons. The molecular formula is C34H60N10O. The summed E-state index contributed by atoms with van der Waals surface area (Å²) in [5.74, 6) is 4.01. The molecule has 0 radical (unpaired) electrons. The molecule has 0 aliphatic heterocycles. The van der Waals surface area contributed by atoms with Gasteiger partial charge in [-0.05, 0) is 63.5 Å². The lowest BCUT2D eigenvalue weighted by Crippen LogP contribution is -2.00. The van der Waals surface area contributed by atoms with E-state index >= 15 is 0 Å². The van der Waals surface area contributed by atoms with Crippen LogP contribution < -0.4 is 0 Å². The molecule has 11 heteroatoms. The SMILES string of the molecule is CC(C)c1ccc(C(C)C)nn1.CC(C)c1cn(C(C)C)nn1.CC(C)c1cn(C(C)C)nn1.CC(C)c1nnc(C(C)C)o1. The Morgan fingerprint density at radius 1 is 0.400 bits per heavy atom. The monoisotopic (exact) mass is 624 g/mol. The first kappa shape index (κ1) is 39.5. The van der Waals surface area contributed by atoms with Crippen molar-refractivity contribution in [2.24, 2.45) is 0 Å². The third-order valence-corrected chi connectivity index (χ3v) is 6.63. The van der Waals surface area contributed by atoms with Gasteiger partial charge in [-0.3, -0.25) is 0 Å². The van der Waals surface area contributed by atoms with Gasteiger partial charge in [-0.1, -0.05) is 93.5 Å². The maximum atomic E-state index is 5.38. The highest BCUT2D eigenvalue weighted by molar-refractivity contribution is 5.11. The van der Waals surface area contributed by atoms with Crippen molar-refractivity contribution in [2.75, 3.05) is 0 Å². The molecule has 4 heterocycles. The molecule has 0 saturated heterocycles. The highest BCUT2D eigenvalue weighted by Crippen LogP contribution is 2.17. The van der Waals surface area contributed by atoms with Crippen molar-refractivity contribution in [3.05, 3.63) is 59.1 Å². The third-order valence-electron chi connectivity index (χ3n) is 6.63. The van der Waals surface area contributed by atoms with Crippen molar-refractivity contribution in [1.29, 1.82) is 0 Å². The number of hydrogen-bond acceptors (Lipinski definition) is 9. The third kappa shape index (κ3) is 14.0. The van der Waals surface area contributed by atoms with Crippen LogP contribution in [0.3, 0.4) is 0 Å². The van der Waals surface area contributed by atoms with Crippen molar-refractivity contribution in [2.45, 2.75) is 158 Å². The maximum absolute atomic E-state index is 5.38. The Morgan fingerprint density at radius 3 is 0.867 bits per heavy atom. The highest BCUT2D eigenvalue weighted by atomic mass is 16.4. The van der Waals surface area contributed by atoms with Crippen LogP contribution in [0.4, 0.5) is 0 Å². The first-order valence-electron chi connectivity index (χ1n) is 16.4. The molecule has 0 bridgehead atoms. The van der Waals surface area contributed by atoms with Gasteiger partial charge in [0.1, 0.15) is 0 Å². The second-order valence-corrected chi connectivity index (χ2v) is 13.7. The van der Waals surface area contributed by atoms with Crippen molar-refractivity contribution < 1.29 is 4.42 Å². The lowest BCUT2D eigenvalue weighted by Gasteiger charge is -2.05. The van der Waals surface area contributed by atoms with Gasteiger partial charge in [-0.2, -0.15) is 10.2 Å². The predicted molar refractivity (Wildman–Crippen MR) is 182 cm³/mol. The van der Waals surface area contributed by atoms with Crippen LogP contribution in [0.15, 0.2) is 28.9 Å². The summed E-state index contributed by atoms with van der Waals surface area (Å²) >= 11 is 0. The van der Waals surface area contributed by atoms with Crippen LogP contribution in [0.5, 0.6) is 0 Å². The average Bonchev–Trinajstić information content (AvgIpc) is 3.75. The van der Waals surface area contributed by atoms with Gasteiger partial charge in [0.2, 0.25) is 11.8 Å². The summed E-state index contributed by atoms with van der Waals surface area (Å²) in [7, 11) is 0. The first-order chi connectivity index (χ1) is 20.9. The van der Waals surface area contributed by atoms with Crippen molar-refractivity contribution in [3.63, 3.8) is 0 Å². The topological polar surface area (TPSA) is 126 Å². The lowest BCUT2D eigenvalue weighted by molar-refractivity contribution is 0.417. The second-order valence-electron chi connectivity index (χ2n) is 13.7. The van der Waals surface area contributed by atoms with Crippen LogP contribution in [0.2, 0.25) is 0 Å². The van der Waals surface area contributed by atoms with Gasteiger partial charge in [0, 0.05) is 36.3 Å². The van der Waals surface area contributed by atoms with E-state index in [1.807, 2.05) is 49.5 Å². The summed E-state index contributed by atoms with van der Waals surface area (Å²) in [4.78, 5) is 0. The summed E-state index contributed by atoms with van der Waals surface area (Å²) < 4.78 is 9.15. The largest absolute Gasteiger partial charge is 0.425 e. The summed E-state index contributed by atoms with van der Waals surface area (Å²) in [6, 6.07) is 4.95. The fraction of sp³-hybridized carbons (Fsp3) is 0.706. The molecule has 0 atom stereocenters. The molecule has 0 aliphatic rings. The Balaban J connectivity index is 0.000000300. The minimum absolute atomic E-state index is 0.329. The van der Waals surface area contributed by atoms with Crippen molar-refractivity contribution in [3.8, 4) is 0 Å². The number of rotatable bonds is 8. The van der Waals surface area contributed by atoms with Crippen LogP contribution in [0.25, 0.3) is 0 Å². The van der Waals surface area contributed by atoms with Crippen LogP contribution >= 0.6 is 0 Å². The summed E-state index contributed by atoms with van der Waals surface area (Å²) in [6.07, 6.45) is 4.02. The fourth-order valence-electron chi connectivity index (χ4n) is 3.30. The van der Waals surface area contributed by atoms with Gasteiger partial charge in [0.05, 0.1) is 22.8 Å². The molecule has 4 rings (SSSR count). The molecule has 0 spiro atoms. The Morgan fingerprint density at radius 2 is 0.711 bits per heavy atom. The van der Waals surface area contributed by atoms with E-state index in [9.17, 15) is 0 Å². The molecule has 0 fully saturated rings. The minimum atomic E-state index is 0.329. The number of hydrogen-bond donors (Lipinski definition) is 0. The molecule has 45 heavy (non-hydrogen) atoms. The quantitative estimate of drug-likeness (QED) is 0.189. The normalized spacial score (nSPS) is 11.4.